The van der Waals surface area contributed by atoms with Crippen LogP contribution in [0.2, 0.25) is 0 Å². The molecule has 0 spiro atoms. The highest BCUT2D eigenvalue weighted by atomic mass is 16.5. The number of rotatable bonds is 6. The second-order valence-electron chi connectivity index (χ2n) is 6.04. The van der Waals surface area contributed by atoms with Crippen LogP contribution in [0.15, 0.2) is 55.3 Å². The van der Waals surface area contributed by atoms with Gasteiger partial charge in [0.1, 0.15) is 0 Å². The fourth-order valence-corrected chi connectivity index (χ4v) is 2.76. The molecule has 7 heteroatoms. The van der Waals surface area contributed by atoms with Crippen molar-refractivity contribution < 1.29 is 14.3 Å². The Morgan fingerprint density at radius 3 is 2.64 bits per heavy atom. The first-order valence-corrected chi connectivity index (χ1v) is 8.60. The van der Waals surface area contributed by atoms with Gasteiger partial charge in [0.15, 0.2) is 0 Å². The van der Waals surface area contributed by atoms with Crippen LogP contribution in [0.3, 0.4) is 0 Å². The van der Waals surface area contributed by atoms with E-state index in [0.29, 0.717) is 17.8 Å². The summed E-state index contributed by atoms with van der Waals surface area (Å²) in [4.78, 5) is 32.0. The first-order valence-electron chi connectivity index (χ1n) is 8.60. The van der Waals surface area contributed by atoms with E-state index in [1.54, 1.807) is 13.3 Å². The molecule has 0 bridgehead atoms. The van der Waals surface area contributed by atoms with Gasteiger partial charge in [-0.2, -0.15) is 0 Å². The van der Waals surface area contributed by atoms with E-state index in [9.17, 15) is 9.59 Å². The zero-order chi connectivity index (χ0) is 20.1. The molecule has 0 saturated heterocycles. The van der Waals surface area contributed by atoms with Crippen molar-refractivity contribution in [1.29, 1.82) is 0 Å². The van der Waals surface area contributed by atoms with Crippen LogP contribution in [0.1, 0.15) is 16.2 Å². The van der Waals surface area contributed by atoms with E-state index in [1.807, 2.05) is 36.4 Å². The van der Waals surface area contributed by atoms with Gasteiger partial charge in [0.25, 0.3) is 5.91 Å². The lowest BCUT2D eigenvalue weighted by Gasteiger charge is -2.12. The molecule has 2 N–H and O–H groups in total. The highest BCUT2D eigenvalue weighted by Crippen LogP contribution is 2.28. The number of hydrogen-bond acceptors (Lipinski definition) is 5. The number of fused-ring (bicyclic) bond motifs is 1. The summed E-state index contributed by atoms with van der Waals surface area (Å²) < 4.78 is 5.20. The van der Waals surface area contributed by atoms with Crippen LogP contribution in [0.5, 0.6) is 0 Å². The predicted octanol–water partition coefficient (Wildman–Crippen LogP) is 2.93. The van der Waals surface area contributed by atoms with E-state index < -0.39 is 0 Å². The van der Waals surface area contributed by atoms with Crippen molar-refractivity contribution in [3.05, 3.63) is 66.6 Å². The number of hydrogen-bond donors (Lipinski definition) is 2. The van der Waals surface area contributed by atoms with E-state index in [1.165, 1.54) is 13.1 Å². The van der Waals surface area contributed by atoms with E-state index >= 15 is 0 Å². The average molecular weight is 376 g/mol. The molecule has 0 aliphatic rings. The van der Waals surface area contributed by atoms with Gasteiger partial charge in [0.05, 0.1) is 12.1 Å². The molecule has 0 unspecified atom stereocenters. The van der Waals surface area contributed by atoms with Crippen molar-refractivity contribution in [2.75, 3.05) is 19.5 Å². The molecule has 2 amide bonds. The lowest BCUT2D eigenvalue weighted by Crippen LogP contribution is -2.20. The summed E-state index contributed by atoms with van der Waals surface area (Å²) in [7, 11) is 3.13. The maximum atomic E-state index is 11.8. The monoisotopic (exact) mass is 376 g/mol. The second-order valence-corrected chi connectivity index (χ2v) is 6.04. The van der Waals surface area contributed by atoms with Gasteiger partial charge in [0, 0.05) is 37.0 Å². The third-order valence-corrected chi connectivity index (χ3v) is 4.20. The summed E-state index contributed by atoms with van der Waals surface area (Å²) in [6, 6.07) is 11.4. The van der Waals surface area contributed by atoms with Gasteiger partial charge in [-0.15, -0.1) is 0 Å². The molecule has 0 radical (unpaired) electrons. The van der Waals surface area contributed by atoms with Gasteiger partial charge >= 0.3 is 0 Å². The van der Waals surface area contributed by atoms with Crippen molar-refractivity contribution in [1.82, 2.24) is 15.3 Å². The summed E-state index contributed by atoms with van der Waals surface area (Å²) in [5.74, 6) is -0.525. The van der Waals surface area contributed by atoms with E-state index in [2.05, 4.69) is 27.2 Å². The Hall–Kier alpha value is -3.58. The van der Waals surface area contributed by atoms with Gasteiger partial charge in [-0.25, -0.2) is 9.97 Å². The average Bonchev–Trinajstić information content (AvgIpc) is 2.73. The molecule has 3 aromatic rings. The number of benzene rings is 2. The molecule has 7 nitrogen and oxygen atoms in total. The molecule has 142 valence electrons. The van der Waals surface area contributed by atoms with Crippen LogP contribution in [0, 0.1) is 0 Å². The lowest BCUT2D eigenvalue weighted by atomic mass is 10.0. The summed E-state index contributed by atoms with van der Waals surface area (Å²) in [6.07, 6.45) is 2.84. The van der Waals surface area contributed by atoms with Crippen LogP contribution in [-0.4, -0.2) is 35.9 Å². The first kappa shape index (κ1) is 19.2. The smallest absolute Gasteiger partial charge is 0.288 e. The minimum absolute atomic E-state index is 0.113. The lowest BCUT2D eigenvalue weighted by molar-refractivity contribution is -0.111. The topological polar surface area (TPSA) is 93.2 Å². The standard InChI is InChI=1S/C21H20N4O3/c1-4-19(26)24-18-10-14(6-8-16(18)12-28-3)13-5-7-15-11-23-20(21(27)22-2)25-17(15)9-13/h4-11H,1,12H2,2-3H3,(H,22,27)(H,24,26). The third kappa shape index (κ3) is 4.05. The largest absolute Gasteiger partial charge is 0.380 e. The molecule has 28 heavy (non-hydrogen) atoms. The summed E-state index contributed by atoms with van der Waals surface area (Å²) in [5.41, 5.74) is 3.95. The third-order valence-electron chi connectivity index (χ3n) is 4.20. The van der Waals surface area contributed by atoms with Gasteiger partial charge in [-0.1, -0.05) is 30.8 Å². The molecule has 0 saturated carbocycles. The Labute approximate surface area is 162 Å². The van der Waals surface area contributed by atoms with Crippen LogP contribution in [0.25, 0.3) is 22.0 Å². The second kappa shape index (κ2) is 8.41. The number of anilines is 1. The number of amides is 2. The van der Waals surface area contributed by atoms with Crippen molar-refractivity contribution in [3.8, 4) is 11.1 Å². The first-order chi connectivity index (χ1) is 13.5. The maximum Gasteiger partial charge on any atom is 0.288 e. The van der Waals surface area contributed by atoms with Gasteiger partial charge in [-0.05, 0) is 29.3 Å². The number of nitrogens with one attached hydrogen (secondary N) is 2. The minimum atomic E-state index is -0.342. The molecular weight excluding hydrogens is 356 g/mol. The Balaban J connectivity index is 2.05. The number of ether oxygens (including phenoxy) is 1. The molecule has 0 atom stereocenters. The normalized spacial score (nSPS) is 10.5. The molecule has 3 rings (SSSR count). The van der Waals surface area contributed by atoms with Crippen LogP contribution >= 0.6 is 0 Å². The quantitative estimate of drug-likeness (QED) is 0.645. The molecule has 2 aromatic carbocycles. The Bertz CT molecular complexity index is 1060. The van der Waals surface area contributed by atoms with Crippen LogP contribution in [0.4, 0.5) is 5.69 Å². The van der Waals surface area contributed by atoms with Crippen molar-refractivity contribution in [2.45, 2.75) is 6.61 Å². The van der Waals surface area contributed by atoms with Crippen molar-refractivity contribution in [3.63, 3.8) is 0 Å². The number of nitrogens with zero attached hydrogens (tertiary/aromatic N) is 2. The number of methoxy groups -OCH3 is 1. The SMILES string of the molecule is C=CC(=O)Nc1cc(-c2ccc3cnc(C(=O)NC)nc3c2)ccc1COC. The van der Waals surface area contributed by atoms with Gasteiger partial charge < -0.3 is 15.4 Å². The van der Waals surface area contributed by atoms with Crippen molar-refractivity contribution in [2.24, 2.45) is 0 Å². The number of carbonyl (C=O) groups is 2. The summed E-state index contributed by atoms with van der Waals surface area (Å²) >= 11 is 0. The molecule has 1 heterocycles. The Kier molecular flexibility index (Phi) is 5.76. The highest BCUT2D eigenvalue weighted by molar-refractivity contribution is 6.00. The predicted molar refractivity (Wildman–Crippen MR) is 108 cm³/mol. The highest BCUT2D eigenvalue weighted by Gasteiger charge is 2.11. The molecule has 0 aliphatic carbocycles. The summed E-state index contributed by atoms with van der Waals surface area (Å²) in [6.45, 7) is 3.86. The molecule has 1 aromatic heterocycles. The van der Waals surface area contributed by atoms with Crippen LogP contribution < -0.4 is 10.6 Å². The maximum absolute atomic E-state index is 11.8. The zero-order valence-corrected chi connectivity index (χ0v) is 15.7. The molecule has 0 aliphatic heterocycles. The van der Waals surface area contributed by atoms with Gasteiger partial charge in [0.2, 0.25) is 11.7 Å². The zero-order valence-electron chi connectivity index (χ0n) is 15.7. The fraction of sp³-hybridized carbons (Fsp3) is 0.143. The van der Waals surface area contributed by atoms with E-state index in [0.717, 1.165) is 22.1 Å². The minimum Gasteiger partial charge on any atom is -0.380 e. The number of aromatic nitrogens is 2. The van der Waals surface area contributed by atoms with Gasteiger partial charge in [-0.3, -0.25) is 9.59 Å². The van der Waals surface area contributed by atoms with Crippen LogP contribution in [-0.2, 0) is 16.1 Å². The fourth-order valence-electron chi connectivity index (χ4n) is 2.76. The summed E-state index contributed by atoms with van der Waals surface area (Å²) in [5, 5.41) is 6.15. The Morgan fingerprint density at radius 1 is 1.18 bits per heavy atom. The Morgan fingerprint density at radius 2 is 1.93 bits per heavy atom. The molecule has 0 fully saturated rings. The molecular formula is C21H20N4O3. The van der Waals surface area contributed by atoms with E-state index in [4.69, 9.17) is 4.74 Å². The van der Waals surface area contributed by atoms with E-state index in [-0.39, 0.29) is 17.6 Å². The van der Waals surface area contributed by atoms with Crippen molar-refractivity contribution >= 4 is 28.4 Å². The number of carbonyl (C=O) groups excluding carboxylic acids is 2.